The number of rotatable bonds is 3. The first-order chi connectivity index (χ1) is 9.28. The second-order valence-electron chi connectivity index (χ2n) is 3.83. The molecular weight excluding hydrogens is 292 g/mol. The van der Waals surface area contributed by atoms with Crippen LogP contribution in [0.15, 0.2) is 23.1 Å². The third-order valence-corrected chi connectivity index (χ3v) is 4.49. The monoisotopic (exact) mass is 300 g/mol. The van der Waals surface area contributed by atoms with Gasteiger partial charge in [-0.15, -0.1) is 0 Å². The molecule has 1 aromatic rings. The number of benzene rings is 1. The number of sulfonamides is 1. The van der Waals surface area contributed by atoms with Crippen LogP contribution in [0, 0.1) is 10.1 Å². The number of carbonyl (C=O) groups excluding carboxylic acids is 2. The third kappa shape index (κ3) is 1.99. The largest absolute Gasteiger partial charge is 0.468 e. The number of nitrogens with zero attached hydrogens (tertiary/aromatic N) is 2. The number of ether oxygens (including phenoxy) is 1. The molecule has 1 aromatic carbocycles. The zero-order valence-electron chi connectivity index (χ0n) is 10.1. The molecule has 106 valence electrons. The van der Waals surface area contributed by atoms with Gasteiger partial charge in [0, 0.05) is 12.1 Å². The highest BCUT2D eigenvalue weighted by Gasteiger charge is 2.43. The van der Waals surface area contributed by atoms with Crippen LogP contribution in [0.1, 0.15) is 10.4 Å². The average molecular weight is 300 g/mol. The van der Waals surface area contributed by atoms with Crippen molar-refractivity contribution in [3.8, 4) is 0 Å². The van der Waals surface area contributed by atoms with Gasteiger partial charge in [0.1, 0.15) is 11.4 Å². The molecule has 0 unspecified atom stereocenters. The molecule has 0 saturated carbocycles. The summed E-state index contributed by atoms with van der Waals surface area (Å²) in [5, 5.41) is 10.6. The first kappa shape index (κ1) is 13.9. The van der Waals surface area contributed by atoms with Crippen molar-refractivity contribution in [3.63, 3.8) is 0 Å². The fraction of sp³-hybridized carbons (Fsp3) is 0.200. The van der Waals surface area contributed by atoms with Crippen molar-refractivity contribution >= 4 is 27.6 Å². The minimum Gasteiger partial charge on any atom is -0.468 e. The summed E-state index contributed by atoms with van der Waals surface area (Å²) in [5.41, 5.74) is -0.740. The summed E-state index contributed by atoms with van der Waals surface area (Å²) >= 11 is 0. The van der Waals surface area contributed by atoms with Crippen molar-refractivity contribution in [3.05, 3.63) is 33.9 Å². The molecule has 1 aliphatic heterocycles. The van der Waals surface area contributed by atoms with E-state index in [0.717, 1.165) is 25.3 Å². The number of methoxy groups -OCH3 is 1. The number of hydrogen-bond donors (Lipinski definition) is 0. The van der Waals surface area contributed by atoms with Gasteiger partial charge in [-0.3, -0.25) is 19.7 Å². The fourth-order valence-corrected chi connectivity index (χ4v) is 3.22. The lowest BCUT2D eigenvalue weighted by molar-refractivity contribution is -0.384. The van der Waals surface area contributed by atoms with Gasteiger partial charge in [-0.25, -0.2) is 12.7 Å². The Kier molecular flexibility index (Phi) is 3.18. The van der Waals surface area contributed by atoms with Gasteiger partial charge in [-0.05, 0) is 6.07 Å². The van der Waals surface area contributed by atoms with Gasteiger partial charge in [-0.1, -0.05) is 0 Å². The van der Waals surface area contributed by atoms with Gasteiger partial charge in [0.2, 0.25) is 0 Å². The normalized spacial score (nSPS) is 15.8. The number of hydrogen-bond acceptors (Lipinski definition) is 7. The van der Waals surface area contributed by atoms with Gasteiger partial charge in [-0.2, -0.15) is 0 Å². The Bertz CT molecular complexity index is 725. The molecule has 0 bridgehead atoms. The molecule has 0 radical (unpaired) electrons. The van der Waals surface area contributed by atoms with E-state index in [1.54, 1.807) is 0 Å². The van der Waals surface area contributed by atoms with Crippen LogP contribution in [0.5, 0.6) is 0 Å². The van der Waals surface area contributed by atoms with Crippen molar-refractivity contribution < 1.29 is 27.7 Å². The molecule has 2 rings (SSSR count). The van der Waals surface area contributed by atoms with Crippen LogP contribution in [-0.2, 0) is 19.6 Å². The van der Waals surface area contributed by atoms with E-state index < -0.39 is 39.1 Å². The van der Waals surface area contributed by atoms with E-state index in [2.05, 4.69) is 4.74 Å². The van der Waals surface area contributed by atoms with E-state index in [-0.39, 0.29) is 10.5 Å². The number of fused-ring (bicyclic) bond motifs is 1. The van der Waals surface area contributed by atoms with E-state index in [1.165, 1.54) is 0 Å². The van der Waals surface area contributed by atoms with E-state index >= 15 is 0 Å². The van der Waals surface area contributed by atoms with E-state index in [4.69, 9.17) is 0 Å². The molecule has 1 heterocycles. The maximum absolute atomic E-state index is 12.1. The Balaban J connectivity index is 2.53. The lowest BCUT2D eigenvalue weighted by Gasteiger charge is -2.12. The standard InChI is InChI=1S/C10H8N2O7S/c1-19-9(13)5-11-10(14)7-4-6(12(15)16)2-3-8(7)20(11,17)18/h2-4H,5H2,1H3. The van der Waals surface area contributed by atoms with Gasteiger partial charge in [0.15, 0.2) is 0 Å². The van der Waals surface area contributed by atoms with Crippen LogP contribution in [0.3, 0.4) is 0 Å². The van der Waals surface area contributed by atoms with Crippen molar-refractivity contribution in [1.29, 1.82) is 0 Å². The third-order valence-electron chi connectivity index (χ3n) is 2.70. The highest BCUT2D eigenvalue weighted by Crippen LogP contribution is 2.32. The fourth-order valence-electron chi connectivity index (χ4n) is 1.72. The Morgan fingerprint density at radius 3 is 2.65 bits per heavy atom. The predicted octanol–water partition coefficient (Wildman–Crippen LogP) is -0.0877. The van der Waals surface area contributed by atoms with Crippen molar-refractivity contribution in [1.82, 2.24) is 4.31 Å². The summed E-state index contributed by atoms with van der Waals surface area (Å²) < 4.78 is 28.7. The molecule has 1 aliphatic rings. The van der Waals surface area contributed by atoms with E-state index in [1.807, 2.05) is 0 Å². The number of nitro benzene ring substituents is 1. The summed E-state index contributed by atoms with van der Waals surface area (Å²) in [5.74, 6) is -1.90. The lowest BCUT2D eigenvalue weighted by Crippen LogP contribution is -2.35. The maximum Gasteiger partial charge on any atom is 0.326 e. The van der Waals surface area contributed by atoms with Crippen LogP contribution in [0.25, 0.3) is 0 Å². The lowest BCUT2D eigenvalue weighted by atomic mass is 10.2. The highest BCUT2D eigenvalue weighted by atomic mass is 32.2. The van der Waals surface area contributed by atoms with Crippen LogP contribution in [0.4, 0.5) is 5.69 Å². The van der Waals surface area contributed by atoms with Crippen molar-refractivity contribution in [2.24, 2.45) is 0 Å². The predicted molar refractivity (Wildman–Crippen MR) is 63.3 cm³/mol. The molecule has 0 fully saturated rings. The first-order valence-corrected chi connectivity index (χ1v) is 6.65. The summed E-state index contributed by atoms with van der Waals surface area (Å²) in [7, 11) is -3.13. The maximum atomic E-state index is 12.1. The molecule has 9 nitrogen and oxygen atoms in total. The van der Waals surface area contributed by atoms with E-state index in [0.29, 0.717) is 4.31 Å². The van der Waals surface area contributed by atoms with E-state index in [9.17, 15) is 28.1 Å². The number of nitro groups is 1. The molecule has 1 amide bonds. The highest BCUT2D eigenvalue weighted by molar-refractivity contribution is 7.90. The van der Waals surface area contributed by atoms with Crippen molar-refractivity contribution in [2.45, 2.75) is 4.90 Å². The molecule has 0 saturated heterocycles. The molecule has 0 atom stereocenters. The molecule has 10 heteroatoms. The van der Waals surface area contributed by atoms with Crippen LogP contribution >= 0.6 is 0 Å². The molecule has 0 N–H and O–H groups in total. The molecular formula is C10H8N2O7S. The SMILES string of the molecule is COC(=O)CN1C(=O)c2cc([N+](=O)[O-])ccc2S1(=O)=O. The minimum absolute atomic E-state index is 0.327. The number of amides is 1. The van der Waals surface area contributed by atoms with Gasteiger partial charge in [0.05, 0.1) is 17.6 Å². The average Bonchev–Trinajstić information content (AvgIpc) is 2.59. The number of carbonyl (C=O) groups is 2. The summed E-state index contributed by atoms with van der Waals surface area (Å²) in [6.45, 7) is -0.778. The Morgan fingerprint density at radius 2 is 2.10 bits per heavy atom. The topological polar surface area (TPSA) is 124 Å². The second kappa shape index (κ2) is 4.56. The quantitative estimate of drug-likeness (QED) is 0.434. The summed E-state index contributed by atoms with van der Waals surface area (Å²) in [6, 6.07) is 2.82. The molecule has 0 aromatic heterocycles. The zero-order valence-corrected chi connectivity index (χ0v) is 10.9. The Labute approximate surface area is 112 Å². The van der Waals surface area contributed by atoms with Gasteiger partial charge < -0.3 is 4.74 Å². The van der Waals surface area contributed by atoms with Crippen LogP contribution in [0.2, 0.25) is 0 Å². The number of non-ortho nitro benzene ring substituents is 1. The van der Waals surface area contributed by atoms with Crippen molar-refractivity contribution in [2.75, 3.05) is 13.7 Å². The smallest absolute Gasteiger partial charge is 0.326 e. The summed E-state index contributed by atoms with van der Waals surface area (Å²) in [6.07, 6.45) is 0. The number of esters is 1. The first-order valence-electron chi connectivity index (χ1n) is 5.21. The van der Waals surface area contributed by atoms with Gasteiger partial charge >= 0.3 is 5.97 Å². The van der Waals surface area contributed by atoms with Gasteiger partial charge in [0.25, 0.3) is 21.6 Å². The van der Waals surface area contributed by atoms with Crippen LogP contribution < -0.4 is 0 Å². The Morgan fingerprint density at radius 1 is 1.45 bits per heavy atom. The molecule has 20 heavy (non-hydrogen) atoms. The minimum atomic E-state index is -4.18. The molecule has 0 spiro atoms. The second-order valence-corrected chi connectivity index (χ2v) is 5.66. The van der Waals surface area contributed by atoms with Crippen LogP contribution in [-0.4, -0.2) is 43.2 Å². The zero-order chi connectivity index (χ0) is 15.1. The summed E-state index contributed by atoms with van der Waals surface area (Å²) in [4.78, 5) is 32.6. The molecule has 0 aliphatic carbocycles. The Hall–Kier alpha value is -2.49.